The van der Waals surface area contributed by atoms with Gasteiger partial charge in [0.05, 0.1) is 0 Å². The quantitative estimate of drug-likeness (QED) is 0.763. The summed E-state index contributed by atoms with van der Waals surface area (Å²) in [4.78, 5) is 15.6. The number of hydrogen-bond donors (Lipinski definition) is 2. The van der Waals surface area contributed by atoms with Crippen LogP contribution >= 0.6 is 0 Å². The lowest BCUT2D eigenvalue weighted by molar-refractivity contribution is 0.211. The minimum atomic E-state index is -0.292. The Morgan fingerprint density at radius 2 is 2.41 bits per heavy atom. The Morgan fingerprint density at radius 3 is 3.12 bits per heavy atom. The van der Waals surface area contributed by atoms with Crippen LogP contribution in [-0.4, -0.2) is 39.3 Å². The molecule has 17 heavy (non-hydrogen) atoms. The standard InChI is InChI=1S/C10H15N5O2/c1-6(5-11-3)17-9-4-8-13-14-10(16)15(8)7(2)12-9/h4,6,11H,5H2,1-3H3,(H,14,16). The molecule has 0 saturated carbocycles. The van der Waals surface area contributed by atoms with E-state index in [1.54, 1.807) is 13.0 Å². The molecule has 2 rings (SSSR count). The number of ether oxygens (including phenoxy) is 1. The summed E-state index contributed by atoms with van der Waals surface area (Å²) in [5.74, 6) is 1.02. The van der Waals surface area contributed by atoms with Crippen LogP contribution < -0.4 is 15.7 Å². The molecule has 2 aromatic rings. The first kappa shape index (κ1) is 11.6. The van der Waals surface area contributed by atoms with Gasteiger partial charge in [0, 0.05) is 12.6 Å². The van der Waals surface area contributed by atoms with E-state index in [2.05, 4.69) is 20.5 Å². The van der Waals surface area contributed by atoms with Gasteiger partial charge in [-0.25, -0.2) is 14.3 Å². The summed E-state index contributed by atoms with van der Waals surface area (Å²) in [7, 11) is 1.86. The fraction of sp³-hybridized carbons (Fsp3) is 0.500. The normalized spacial score (nSPS) is 12.9. The third-order valence-electron chi connectivity index (χ3n) is 2.36. The van der Waals surface area contributed by atoms with E-state index in [0.29, 0.717) is 17.4 Å². The van der Waals surface area contributed by atoms with Crippen molar-refractivity contribution < 1.29 is 4.74 Å². The number of aryl methyl sites for hydroxylation is 1. The monoisotopic (exact) mass is 237 g/mol. The zero-order valence-electron chi connectivity index (χ0n) is 10.0. The van der Waals surface area contributed by atoms with Crippen LogP contribution in [0.3, 0.4) is 0 Å². The molecule has 1 atom stereocenters. The van der Waals surface area contributed by atoms with Crippen molar-refractivity contribution in [2.45, 2.75) is 20.0 Å². The molecule has 0 aliphatic rings. The number of aromatic amines is 1. The van der Waals surface area contributed by atoms with Crippen LogP contribution in [0, 0.1) is 6.92 Å². The van der Waals surface area contributed by atoms with Crippen LogP contribution in [0.5, 0.6) is 5.88 Å². The molecule has 2 heterocycles. The molecule has 2 N–H and O–H groups in total. The highest BCUT2D eigenvalue weighted by atomic mass is 16.5. The molecule has 92 valence electrons. The van der Waals surface area contributed by atoms with E-state index in [1.807, 2.05) is 14.0 Å². The highest BCUT2D eigenvalue weighted by Crippen LogP contribution is 2.11. The van der Waals surface area contributed by atoms with Gasteiger partial charge in [-0.2, -0.15) is 10.1 Å². The first-order chi connectivity index (χ1) is 8.11. The summed E-state index contributed by atoms with van der Waals surface area (Å²) in [6, 6.07) is 1.64. The second kappa shape index (κ2) is 4.54. The van der Waals surface area contributed by atoms with E-state index in [9.17, 15) is 4.79 Å². The van der Waals surface area contributed by atoms with Crippen molar-refractivity contribution in [3.8, 4) is 5.88 Å². The molecule has 0 aromatic carbocycles. The second-order valence-corrected chi connectivity index (χ2v) is 3.85. The van der Waals surface area contributed by atoms with Crippen molar-refractivity contribution in [2.24, 2.45) is 0 Å². The maximum atomic E-state index is 11.4. The molecule has 7 nitrogen and oxygen atoms in total. The van der Waals surface area contributed by atoms with Gasteiger partial charge in [0.1, 0.15) is 11.9 Å². The SMILES string of the molecule is CNCC(C)Oc1cc2n[nH]c(=O)n2c(C)n1. The molecule has 0 aliphatic carbocycles. The van der Waals surface area contributed by atoms with Gasteiger partial charge in [-0.3, -0.25) is 0 Å². The Labute approximate surface area is 97.8 Å². The lowest BCUT2D eigenvalue weighted by Crippen LogP contribution is -2.26. The minimum Gasteiger partial charge on any atom is -0.473 e. The van der Waals surface area contributed by atoms with Crippen LogP contribution in [0.1, 0.15) is 12.7 Å². The summed E-state index contributed by atoms with van der Waals surface area (Å²) in [6.45, 7) is 4.40. The number of fused-ring (bicyclic) bond motifs is 1. The lowest BCUT2D eigenvalue weighted by atomic mass is 10.4. The molecule has 0 spiro atoms. The zero-order chi connectivity index (χ0) is 12.4. The fourth-order valence-electron chi connectivity index (χ4n) is 1.67. The molecule has 0 fully saturated rings. The number of nitrogens with one attached hydrogen (secondary N) is 2. The topological polar surface area (TPSA) is 84.3 Å². The number of H-pyrrole nitrogens is 1. The molecule has 0 aliphatic heterocycles. The van der Waals surface area contributed by atoms with Crippen molar-refractivity contribution in [1.29, 1.82) is 0 Å². The molecule has 2 aromatic heterocycles. The van der Waals surface area contributed by atoms with Crippen molar-refractivity contribution in [1.82, 2.24) is 24.9 Å². The molecule has 0 amide bonds. The average molecular weight is 237 g/mol. The van der Waals surface area contributed by atoms with Gasteiger partial charge in [-0.05, 0) is 20.9 Å². The van der Waals surface area contributed by atoms with E-state index >= 15 is 0 Å². The predicted octanol–water partition coefficient (Wildman–Crippen LogP) is -0.287. The van der Waals surface area contributed by atoms with Crippen LogP contribution in [0.25, 0.3) is 5.65 Å². The average Bonchev–Trinajstić information content (AvgIpc) is 2.60. The third-order valence-corrected chi connectivity index (χ3v) is 2.36. The van der Waals surface area contributed by atoms with Crippen molar-refractivity contribution >= 4 is 5.65 Å². The smallest absolute Gasteiger partial charge is 0.349 e. The maximum Gasteiger partial charge on any atom is 0.349 e. The lowest BCUT2D eigenvalue weighted by Gasteiger charge is -2.13. The first-order valence-corrected chi connectivity index (χ1v) is 5.38. The first-order valence-electron chi connectivity index (χ1n) is 5.38. The van der Waals surface area contributed by atoms with Crippen LogP contribution in [-0.2, 0) is 0 Å². The minimum absolute atomic E-state index is 0.0000128. The summed E-state index contributed by atoms with van der Waals surface area (Å²) in [5, 5.41) is 9.27. The van der Waals surface area contributed by atoms with Crippen molar-refractivity contribution in [3.63, 3.8) is 0 Å². The van der Waals surface area contributed by atoms with Gasteiger partial charge < -0.3 is 10.1 Å². The Balaban J connectivity index is 2.34. The van der Waals surface area contributed by atoms with Crippen LogP contribution in [0.4, 0.5) is 0 Å². The van der Waals surface area contributed by atoms with E-state index in [-0.39, 0.29) is 11.8 Å². The summed E-state index contributed by atoms with van der Waals surface area (Å²) < 4.78 is 7.01. The number of nitrogens with zero attached hydrogens (tertiary/aromatic N) is 3. The second-order valence-electron chi connectivity index (χ2n) is 3.85. The van der Waals surface area contributed by atoms with E-state index in [4.69, 9.17) is 4.74 Å². The Bertz CT molecular complexity index is 574. The number of hydrogen-bond acceptors (Lipinski definition) is 5. The molecule has 0 saturated heterocycles. The number of likely N-dealkylation sites (N-methyl/N-ethyl adjacent to an activating group) is 1. The molecule has 0 radical (unpaired) electrons. The van der Waals surface area contributed by atoms with E-state index in [1.165, 1.54) is 4.40 Å². The van der Waals surface area contributed by atoms with Gasteiger partial charge in [-0.1, -0.05) is 0 Å². The highest BCUT2D eigenvalue weighted by molar-refractivity contribution is 5.40. The molecule has 7 heteroatoms. The van der Waals surface area contributed by atoms with Gasteiger partial charge >= 0.3 is 5.69 Å². The van der Waals surface area contributed by atoms with Crippen LogP contribution in [0.2, 0.25) is 0 Å². The molecular weight excluding hydrogens is 222 g/mol. The van der Waals surface area contributed by atoms with E-state index in [0.717, 1.165) is 6.54 Å². The fourth-order valence-corrected chi connectivity index (χ4v) is 1.67. The van der Waals surface area contributed by atoms with Crippen molar-refractivity contribution in [3.05, 3.63) is 22.4 Å². The predicted molar refractivity (Wildman–Crippen MR) is 62.4 cm³/mol. The summed E-state index contributed by atoms with van der Waals surface area (Å²) in [5.41, 5.74) is 0.217. The zero-order valence-corrected chi connectivity index (χ0v) is 10.0. The third kappa shape index (κ3) is 2.28. The molecular formula is C10H15N5O2. The maximum absolute atomic E-state index is 11.4. The molecule has 1 unspecified atom stereocenters. The van der Waals surface area contributed by atoms with Gasteiger partial charge in [0.25, 0.3) is 0 Å². The van der Waals surface area contributed by atoms with E-state index < -0.39 is 0 Å². The Morgan fingerprint density at radius 1 is 1.65 bits per heavy atom. The highest BCUT2D eigenvalue weighted by Gasteiger charge is 2.09. The molecule has 0 bridgehead atoms. The van der Waals surface area contributed by atoms with Crippen molar-refractivity contribution in [2.75, 3.05) is 13.6 Å². The number of rotatable bonds is 4. The summed E-state index contributed by atoms with van der Waals surface area (Å²) >= 11 is 0. The van der Waals surface area contributed by atoms with Crippen LogP contribution in [0.15, 0.2) is 10.9 Å². The van der Waals surface area contributed by atoms with Gasteiger partial charge in [0.15, 0.2) is 5.65 Å². The van der Waals surface area contributed by atoms with Gasteiger partial charge in [0.2, 0.25) is 5.88 Å². The number of aromatic nitrogens is 4. The Kier molecular flexibility index (Phi) is 3.10. The Hall–Kier alpha value is -1.89. The largest absolute Gasteiger partial charge is 0.473 e. The summed E-state index contributed by atoms with van der Waals surface area (Å²) in [6.07, 6.45) is 0.0000128. The van der Waals surface area contributed by atoms with Gasteiger partial charge in [-0.15, -0.1) is 0 Å².